The number of hydrogen-bond donors (Lipinski definition) is 1. The second-order valence-corrected chi connectivity index (χ2v) is 4.80. The molecule has 76 valence electrons. The van der Waals surface area contributed by atoms with E-state index in [0.717, 1.165) is 11.3 Å². The second-order valence-electron chi connectivity index (χ2n) is 3.48. The van der Waals surface area contributed by atoms with Crippen LogP contribution in [-0.2, 0) is 9.53 Å². The van der Waals surface area contributed by atoms with E-state index in [4.69, 9.17) is 9.84 Å². The second kappa shape index (κ2) is 3.71. The number of aryl methyl sites for hydroxylation is 1. The summed E-state index contributed by atoms with van der Waals surface area (Å²) in [6, 6.07) is 4.06. The highest BCUT2D eigenvalue weighted by molar-refractivity contribution is 7.12. The molecule has 1 saturated heterocycles. The Kier molecular flexibility index (Phi) is 2.56. The first-order chi connectivity index (χ1) is 6.66. The van der Waals surface area contributed by atoms with Crippen molar-refractivity contribution in [3.05, 3.63) is 21.9 Å². The average molecular weight is 212 g/mol. The molecule has 1 aliphatic heterocycles. The lowest BCUT2D eigenvalue weighted by Crippen LogP contribution is -2.18. The van der Waals surface area contributed by atoms with Crippen LogP contribution in [0.1, 0.15) is 28.7 Å². The van der Waals surface area contributed by atoms with Gasteiger partial charge in [-0.1, -0.05) is 0 Å². The summed E-state index contributed by atoms with van der Waals surface area (Å²) in [5.74, 6) is -0.847. The molecule has 2 rings (SSSR count). The molecule has 2 heterocycles. The highest BCUT2D eigenvalue weighted by Gasteiger charge is 2.31. The lowest BCUT2D eigenvalue weighted by Gasteiger charge is -2.08. The molecule has 14 heavy (non-hydrogen) atoms. The molecule has 1 aliphatic rings. The van der Waals surface area contributed by atoms with Gasteiger partial charge in [0.2, 0.25) is 0 Å². The summed E-state index contributed by atoms with van der Waals surface area (Å²) < 4.78 is 5.43. The van der Waals surface area contributed by atoms with Crippen LogP contribution in [0.15, 0.2) is 12.1 Å². The molecule has 1 aromatic heterocycles. The molecule has 2 unspecified atom stereocenters. The summed E-state index contributed by atoms with van der Waals surface area (Å²) >= 11 is 1.68. The van der Waals surface area contributed by atoms with Crippen LogP contribution in [0, 0.1) is 6.92 Å². The molecule has 0 radical (unpaired) electrons. The van der Waals surface area contributed by atoms with E-state index in [0.29, 0.717) is 6.42 Å². The van der Waals surface area contributed by atoms with Crippen LogP contribution in [0.4, 0.5) is 0 Å². The Morgan fingerprint density at radius 1 is 1.57 bits per heavy atom. The van der Waals surface area contributed by atoms with E-state index in [1.165, 1.54) is 4.88 Å². The van der Waals surface area contributed by atoms with Crippen LogP contribution in [0.3, 0.4) is 0 Å². The van der Waals surface area contributed by atoms with Crippen LogP contribution in [0.2, 0.25) is 0 Å². The molecule has 0 aliphatic carbocycles. The number of carboxylic acids is 1. The van der Waals surface area contributed by atoms with Crippen molar-refractivity contribution >= 4 is 17.3 Å². The lowest BCUT2D eigenvalue weighted by molar-refractivity contribution is -0.149. The van der Waals surface area contributed by atoms with Crippen molar-refractivity contribution in [3.8, 4) is 0 Å². The number of carbonyl (C=O) groups is 1. The van der Waals surface area contributed by atoms with E-state index in [1.54, 1.807) is 11.3 Å². The highest BCUT2D eigenvalue weighted by Crippen LogP contribution is 2.36. The molecular formula is C10H12O3S. The normalized spacial score (nSPS) is 26.6. The quantitative estimate of drug-likeness (QED) is 0.818. The van der Waals surface area contributed by atoms with Gasteiger partial charge in [0, 0.05) is 9.75 Å². The van der Waals surface area contributed by atoms with Crippen molar-refractivity contribution in [1.29, 1.82) is 0 Å². The zero-order valence-electron chi connectivity index (χ0n) is 7.90. The number of rotatable bonds is 2. The van der Waals surface area contributed by atoms with Gasteiger partial charge >= 0.3 is 5.97 Å². The fourth-order valence-electron chi connectivity index (χ4n) is 1.65. The topological polar surface area (TPSA) is 46.5 Å². The summed E-state index contributed by atoms with van der Waals surface area (Å²) in [5, 5.41) is 8.76. The molecule has 0 amide bonds. The van der Waals surface area contributed by atoms with E-state index < -0.39 is 12.1 Å². The van der Waals surface area contributed by atoms with E-state index in [2.05, 4.69) is 0 Å². The maximum Gasteiger partial charge on any atom is 0.332 e. The Balaban J connectivity index is 2.05. The minimum atomic E-state index is -0.847. The third kappa shape index (κ3) is 1.81. The van der Waals surface area contributed by atoms with Crippen molar-refractivity contribution in [2.45, 2.75) is 32.0 Å². The standard InChI is InChI=1S/C10H12O3S/c1-6-2-5-9(14-6)7-3-4-8(13-7)10(11)12/h2,5,7-8H,3-4H2,1H3,(H,11,12). The number of thiophene rings is 1. The zero-order chi connectivity index (χ0) is 10.1. The van der Waals surface area contributed by atoms with Crippen molar-refractivity contribution < 1.29 is 14.6 Å². The third-order valence-corrected chi connectivity index (χ3v) is 3.47. The molecule has 0 saturated carbocycles. The minimum Gasteiger partial charge on any atom is -0.479 e. The third-order valence-electron chi connectivity index (χ3n) is 2.37. The smallest absolute Gasteiger partial charge is 0.332 e. The molecule has 1 fully saturated rings. The Bertz CT molecular complexity index is 345. The molecule has 0 spiro atoms. The number of aliphatic carboxylic acids is 1. The van der Waals surface area contributed by atoms with Gasteiger partial charge in [0.25, 0.3) is 0 Å². The maximum absolute atomic E-state index is 10.7. The molecule has 1 aromatic rings. The van der Waals surface area contributed by atoms with Gasteiger partial charge in [-0.25, -0.2) is 4.79 Å². The van der Waals surface area contributed by atoms with Gasteiger partial charge in [0.15, 0.2) is 6.10 Å². The number of ether oxygens (including phenoxy) is 1. The summed E-state index contributed by atoms with van der Waals surface area (Å²) in [6.07, 6.45) is 0.825. The summed E-state index contributed by atoms with van der Waals surface area (Å²) in [5.41, 5.74) is 0. The van der Waals surface area contributed by atoms with Crippen molar-refractivity contribution in [1.82, 2.24) is 0 Å². The SMILES string of the molecule is Cc1ccc(C2CCC(C(=O)O)O2)s1. The van der Waals surface area contributed by atoms with Crippen LogP contribution >= 0.6 is 11.3 Å². The number of carboxylic acid groups (broad SMARTS) is 1. The van der Waals surface area contributed by atoms with Gasteiger partial charge in [-0.05, 0) is 31.9 Å². The monoisotopic (exact) mass is 212 g/mol. The Morgan fingerprint density at radius 2 is 2.36 bits per heavy atom. The van der Waals surface area contributed by atoms with Gasteiger partial charge in [-0.3, -0.25) is 0 Å². The predicted octanol–water partition coefficient (Wildman–Crippen LogP) is 2.36. The highest BCUT2D eigenvalue weighted by atomic mass is 32.1. The molecular weight excluding hydrogens is 200 g/mol. The molecule has 2 atom stereocenters. The van der Waals surface area contributed by atoms with E-state index in [1.807, 2.05) is 19.1 Å². The Hall–Kier alpha value is -0.870. The molecule has 0 aromatic carbocycles. The minimum absolute atomic E-state index is 0.00481. The first-order valence-corrected chi connectivity index (χ1v) is 5.43. The Labute approximate surface area is 86.3 Å². The fraction of sp³-hybridized carbons (Fsp3) is 0.500. The van der Waals surface area contributed by atoms with Crippen molar-refractivity contribution in [2.24, 2.45) is 0 Å². The van der Waals surface area contributed by atoms with Crippen LogP contribution in [0.5, 0.6) is 0 Å². The molecule has 4 heteroatoms. The molecule has 0 bridgehead atoms. The maximum atomic E-state index is 10.7. The summed E-state index contributed by atoms with van der Waals surface area (Å²) in [7, 11) is 0. The van der Waals surface area contributed by atoms with Crippen molar-refractivity contribution in [2.75, 3.05) is 0 Å². The Morgan fingerprint density at radius 3 is 2.86 bits per heavy atom. The van der Waals surface area contributed by atoms with Gasteiger partial charge in [0.1, 0.15) is 0 Å². The number of hydrogen-bond acceptors (Lipinski definition) is 3. The van der Waals surface area contributed by atoms with Gasteiger partial charge in [-0.2, -0.15) is 0 Å². The van der Waals surface area contributed by atoms with Crippen LogP contribution in [-0.4, -0.2) is 17.2 Å². The van der Waals surface area contributed by atoms with E-state index >= 15 is 0 Å². The first kappa shape index (κ1) is 9.68. The molecule has 3 nitrogen and oxygen atoms in total. The first-order valence-electron chi connectivity index (χ1n) is 4.61. The summed E-state index contributed by atoms with van der Waals surface area (Å²) in [4.78, 5) is 13.0. The summed E-state index contributed by atoms with van der Waals surface area (Å²) in [6.45, 7) is 2.04. The van der Waals surface area contributed by atoms with Crippen molar-refractivity contribution in [3.63, 3.8) is 0 Å². The molecule has 1 N–H and O–H groups in total. The van der Waals surface area contributed by atoms with Gasteiger partial charge in [-0.15, -0.1) is 11.3 Å². The van der Waals surface area contributed by atoms with Crippen LogP contribution in [0.25, 0.3) is 0 Å². The predicted molar refractivity (Wildman–Crippen MR) is 53.5 cm³/mol. The van der Waals surface area contributed by atoms with E-state index in [9.17, 15) is 4.79 Å². The van der Waals surface area contributed by atoms with E-state index in [-0.39, 0.29) is 6.10 Å². The van der Waals surface area contributed by atoms with Gasteiger partial charge < -0.3 is 9.84 Å². The fourth-order valence-corrected chi connectivity index (χ4v) is 2.60. The van der Waals surface area contributed by atoms with Gasteiger partial charge in [0.05, 0.1) is 6.10 Å². The lowest BCUT2D eigenvalue weighted by atomic mass is 10.2. The van der Waals surface area contributed by atoms with Crippen LogP contribution < -0.4 is 0 Å². The average Bonchev–Trinajstić information content (AvgIpc) is 2.70. The zero-order valence-corrected chi connectivity index (χ0v) is 8.71. The largest absolute Gasteiger partial charge is 0.479 e.